The SMILES string of the molecule is Cc1nc(NN)nc(OCCOCC(C)C)c1[N+](=O)[O-]. The number of hydrazine groups is 1. The number of aryl methyl sites for hydroxylation is 1. The van der Waals surface area contributed by atoms with Gasteiger partial charge in [-0.1, -0.05) is 13.8 Å². The summed E-state index contributed by atoms with van der Waals surface area (Å²) in [5, 5.41) is 11.0. The normalized spacial score (nSPS) is 10.7. The lowest BCUT2D eigenvalue weighted by atomic mass is 10.2. The first-order valence-electron chi connectivity index (χ1n) is 6.15. The standard InChI is InChI=1S/C11H19N5O4/c1-7(2)6-19-4-5-20-10-9(16(17)18)8(3)13-11(14-10)15-12/h7H,4-6,12H2,1-3H3,(H,13,14,15). The number of ether oxygens (including phenoxy) is 2. The monoisotopic (exact) mass is 285 g/mol. The van der Waals surface area contributed by atoms with Crippen LogP contribution in [0.3, 0.4) is 0 Å². The van der Waals surface area contributed by atoms with Crippen molar-refractivity contribution in [2.24, 2.45) is 11.8 Å². The molecule has 1 aromatic heterocycles. The molecule has 3 N–H and O–H groups in total. The molecule has 0 saturated heterocycles. The van der Waals surface area contributed by atoms with Crippen LogP contribution in [0.2, 0.25) is 0 Å². The van der Waals surface area contributed by atoms with Gasteiger partial charge in [0.05, 0.1) is 11.5 Å². The van der Waals surface area contributed by atoms with E-state index in [-0.39, 0.29) is 29.8 Å². The first-order valence-corrected chi connectivity index (χ1v) is 6.15. The second kappa shape index (κ2) is 7.56. The van der Waals surface area contributed by atoms with E-state index in [9.17, 15) is 10.1 Å². The molecule has 0 radical (unpaired) electrons. The summed E-state index contributed by atoms with van der Waals surface area (Å²) in [6, 6.07) is 0. The largest absolute Gasteiger partial charge is 0.470 e. The maximum atomic E-state index is 11.0. The van der Waals surface area contributed by atoms with E-state index in [0.717, 1.165) is 0 Å². The molecule has 0 aromatic carbocycles. The fourth-order valence-corrected chi connectivity index (χ4v) is 1.43. The van der Waals surface area contributed by atoms with Crippen LogP contribution in [0.15, 0.2) is 0 Å². The van der Waals surface area contributed by atoms with E-state index in [1.165, 1.54) is 6.92 Å². The minimum atomic E-state index is -0.583. The Bertz CT molecular complexity index is 466. The summed E-state index contributed by atoms with van der Waals surface area (Å²) in [6.45, 7) is 6.63. The van der Waals surface area contributed by atoms with Gasteiger partial charge in [0, 0.05) is 6.61 Å². The van der Waals surface area contributed by atoms with E-state index in [1.54, 1.807) is 0 Å². The number of nitrogens with zero attached hydrogens (tertiary/aromatic N) is 3. The van der Waals surface area contributed by atoms with Gasteiger partial charge >= 0.3 is 5.69 Å². The van der Waals surface area contributed by atoms with E-state index >= 15 is 0 Å². The van der Waals surface area contributed by atoms with Crippen LogP contribution in [0.5, 0.6) is 5.88 Å². The quantitative estimate of drug-likeness (QED) is 0.314. The molecule has 0 atom stereocenters. The summed E-state index contributed by atoms with van der Waals surface area (Å²) in [7, 11) is 0. The lowest BCUT2D eigenvalue weighted by Gasteiger charge is -2.10. The third-order valence-corrected chi connectivity index (χ3v) is 2.26. The molecule has 0 unspecified atom stereocenters. The van der Waals surface area contributed by atoms with Crippen molar-refractivity contribution < 1.29 is 14.4 Å². The molecule has 1 aromatic rings. The van der Waals surface area contributed by atoms with Crippen LogP contribution in [0.1, 0.15) is 19.5 Å². The number of aromatic nitrogens is 2. The molecule has 0 aliphatic heterocycles. The highest BCUT2D eigenvalue weighted by molar-refractivity contribution is 5.48. The molecule has 9 nitrogen and oxygen atoms in total. The van der Waals surface area contributed by atoms with E-state index in [4.69, 9.17) is 15.3 Å². The maximum absolute atomic E-state index is 11.0. The van der Waals surface area contributed by atoms with Gasteiger partial charge in [-0.25, -0.2) is 10.8 Å². The lowest BCUT2D eigenvalue weighted by Crippen LogP contribution is -2.15. The van der Waals surface area contributed by atoms with Crippen LogP contribution in [-0.2, 0) is 4.74 Å². The van der Waals surface area contributed by atoms with Crippen molar-refractivity contribution in [1.29, 1.82) is 0 Å². The molecule has 1 rings (SSSR count). The molecule has 0 saturated carbocycles. The van der Waals surface area contributed by atoms with Crippen molar-refractivity contribution in [3.8, 4) is 5.88 Å². The Morgan fingerprint density at radius 1 is 1.40 bits per heavy atom. The molecule has 0 spiro atoms. The molecule has 1 heterocycles. The number of nitrogen functional groups attached to an aromatic ring is 1. The van der Waals surface area contributed by atoms with E-state index in [1.807, 2.05) is 13.8 Å². The predicted molar refractivity (Wildman–Crippen MR) is 72.4 cm³/mol. The molecule has 0 amide bonds. The minimum absolute atomic E-state index is 0.0613. The molecule has 9 heteroatoms. The van der Waals surface area contributed by atoms with Crippen LogP contribution in [0, 0.1) is 23.0 Å². The van der Waals surface area contributed by atoms with Crippen LogP contribution >= 0.6 is 0 Å². The first kappa shape index (κ1) is 16.1. The number of nitrogens with two attached hydrogens (primary N) is 1. The Hall–Kier alpha value is -2.00. The maximum Gasteiger partial charge on any atom is 0.352 e. The zero-order chi connectivity index (χ0) is 15.1. The summed E-state index contributed by atoms with van der Waals surface area (Å²) in [4.78, 5) is 18.1. The van der Waals surface area contributed by atoms with Crippen LogP contribution in [0.25, 0.3) is 0 Å². The number of anilines is 1. The molecule has 0 aliphatic carbocycles. The van der Waals surface area contributed by atoms with Gasteiger partial charge in [0.2, 0.25) is 5.95 Å². The van der Waals surface area contributed by atoms with E-state index in [0.29, 0.717) is 19.1 Å². The summed E-state index contributed by atoms with van der Waals surface area (Å²) in [5.74, 6) is 5.55. The molecular formula is C11H19N5O4. The van der Waals surface area contributed by atoms with Gasteiger partial charge in [0.25, 0.3) is 5.88 Å². The van der Waals surface area contributed by atoms with Crippen LogP contribution in [0.4, 0.5) is 11.6 Å². The average molecular weight is 285 g/mol. The fourth-order valence-electron chi connectivity index (χ4n) is 1.43. The van der Waals surface area contributed by atoms with Gasteiger partial charge in [-0.3, -0.25) is 15.5 Å². The Morgan fingerprint density at radius 2 is 2.10 bits per heavy atom. The third-order valence-electron chi connectivity index (χ3n) is 2.26. The van der Waals surface area contributed by atoms with Crippen LogP contribution < -0.4 is 16.0 Å². The summed E-state index contributed by atoms with van der Waals surface area (Å²) >= 11 is 0. The molecule has 0 fully saturated rings. The summed E-state index contributed by atoms with van der Waals surface area (Å²) in [6.07, 6.45) is 0. The van der Waals surface area contributed by atoms with Crippen molar-refractivity contribution in [3.05, 3.63) is 15.8 Å². The van der Waals surface area contributed by atoms with Gasteiger partial charge in [-0.2, -0.15) is 4.98 Å². The second-order valence-electron chi connectivity index (χ2n) is 4.51. The Kier molecular flexibility index (Phi) is 6.07. The number of nitro groups is 1. The molecule has 112 valence electrons. The number of nitrogens with one attached hydrogen (secondary N) is 1. The van der Waals surface area contributed by atoms with Crippen molar-refractivity contribution in [3.63, 3.8) is 0 Å². The molecule has 0 aliphatic rings. The highest BCUT2D eigenvalue weighted by Gasteiger charge is 2.23. The third kappa shape index (κ3) is 4.59. The van der Waals surface area contributed by atoms with Gasteiger partial charge in [-0.15, -0.1) is 0 Å². The van der Waals surface area contributed by atoms with Gasteiger partial charge < -0.3 is 9.47 Å². The minimum Gasteiger partial charge on any atom is -0.470 e. The van der Waals surface area contributed by atoms with Gasteiger partial charge in [-0.05, 0) is 12.8 Å². The van der Waals surface area contributed by atoms with Gasteiger partial charge in [0.15, 0.2) is 0 Å². The predicted octanol–water partition coefficient (Wildman–Crippen LogP) is 1.03. The lowest BCUT2D eigenvalue weighted by molar-refractivity contribution is -0.387. The highest BCUT2D eigenvalue weighted by atomic mass is 16.6. The second-order valence-corrected chi connectivity index (χ2v) is 4.51. The Morgan fingerprint density at radius 3 is 2.65 bits per heavy atom. The first-order chi connectivity index (χ1) is 9.45. The molecule has 20 heavy (non-hydrogen) atoms. The summed E-state index contributed by atoms with van der Waals surface area (Å²) < 4.78 is 10.6. The number of hydrogen-bond acceptors (Lipinski definition) is 8. The average Bonchev–Trinajstić information content (AvgIpc) is 2.36. The van der Waals surface area contributed by atoms with Crippen LogP contribution in [-0.4, -0.2) is 34.7 Å². The number of rotatable bonds is 8. The Labute approximate surface area is 116 Å². The van der Waals surface area contributed by atoms with E-state index in [2.05, 4.69) is 15.4 Å². The smallest absolute Gasteiger partial charge is 0.352 e. The van der Waals surface area contributed by atoms with Crippen molar-refractivity contribution in [2.45, 2.75) is 20.8 Å². The molecular weight excluding hydrogens is 266 g/mol. The summed E-state index contributed by atoms with van der Waals surface area (Å²) in [5.41, 5.74) is 2.14. The fraction of sp³-hybridized carbons (Fsp3) is 0.636. The topological polar surface area (TPSA) is 125 Å². The highest BCUT2D eigenvalue weighted by Crippen LogP contribution is 2.28. The Balaban J connectivity index is 2.72. The van der Waals surface area contributed by atoms with E-state index < -0.39 is 4.92 Å². The van der Waals surface area contributed by atoms with Crippen molar-refractivity contribution >= 4 is 11.6 Å². The van der Waals surface area contributed by atoms with Crippen molar-refractivity contribution in [1.82, 2.24) is 9.97 Å². The molecule has 0 bridgehead atoms. The zero-order valence-electron chi connectivity index (χ0n) is 11.8. The zero-order valence-corrected chi connectivity index (χ0v) is 11.8. The van der Waals surface area contributed by atoms with Gasteiger partial charge in [0.1, 0.15) is 12.3 Å². The number of hydrogen-bond donors (Lipinski definition) is 2. The van der Waals surface area contributed by atoms with Crippen molar-refractivity contribution in [2.75, 3.05) is 25.2 Å².